The summed E-state index contributed by atoms with van der Waals surface area (Å²) in [6.07, 6.45) is 2.67. The molecule has 0 radical (unpaired) electrons. The Hall–Kier alpha value is -0.860. The van der Waals surface area contributed by atoms with Crippen LogP contribution in [-0.2, 0) is 6.54 Å². The van der Waals surface area contributed by atoms with E-state index in [-0.39, 0.29) is 0 Å². The molecule has 0 spiro atoms. The third kappa shape index (κ3) is 3.80. The van der Waals surface area contributed by atoms with E-state index in [4.69, 9.17) is 0 Å². The molecular weight excluding hydrogens is 232 g/mol. The molecule has 1 aliphatic rings. The molecule has 0 bridgehead atoms. The largest absolute Gasteiger partial charge is 0.313 e. The second-order valence-corrected chi connectivity index (χ2v) is 6.00. The summed E-state index contributed by atoms with van der Waals surface area (Å²) in [5.41, 5.74) is 5.77. The number of rotatable bonds is 5. The van der Waals surface area contributed by atoms with Crippen molar-refractivity contribution >= 4 is 0 Å². The lowest BCUT2D eigenvalue weighted by Crippen LogP contribution is -2.37. The van der Waals surface area contributed by atoms with Gasteiger partial charge in [-0.2, -0.15) is 0 Å². The summed E-state index contributed by atoms with van der Waals surface area (Å²) in [5, 5.41) is 3.60. The summed E-state index contributed by atoms with van der Waals surface area (Å²) >= 11 is 0. The van der Waals surface area contributed by atoms with Gasteiger partial charge in [0.05, 0.1) is 0 Å². The molecule has 0 amide bonds. The van der Waals surface area contributed by atoms with Gasteiger partial charge < -0.3 is 5.32 Å². The van der Waals surface area contributed by atoms with Gasteiger partial charge in [0.15, 0.2) is 0 Å². The van der Waals surface area contributed by atoms with E-state index in [9.17, 15) is 0 Å². The van der Waals surface area contributed by atoms with Crippen molar-refractivity contribution in [2.45, 2.75) is 53.1 Å². The number of nitrogens with zero attached hydrogens (tertiary/aromatic N) is 1. The van der Waals surface area contributed by atoms with Crippen molar-refractivity contribution in [2.24, 2.45) is 0 Å². The zero-order valence-corrected chi connectivity index (χ0v) is 12.9. The van der Waals surface area contributed by atoms with Crippen LogP contribution < -0.4 is 5.32 Å². The quantitative estimate of drug-likeness (QED) is 0.874. The maximum Gasteiger partial charge on any atom is 0.0239 e. The molecule has 1 fully saturated rings. The van der Waals surface area contributed by atoms with E-state index in [1.165, 1.54) is 48.2 Å². The second kappa shape index (κ2) is 6.53. The lowest BCUT2D eigenvalue weighted by Gasteiger charge is -2.26. The summed E-state index contributed by atoms with van der Waals surface area (Å²) in [7, 11) is 0. The first kappa shape index (κ1) is 14.5. The molecule has 1 aliphatic heterocycles. The van der Waals surface area contributed by atoms with E-state index in [0.29, 0.717) is 6.04 Å². The first-order valence-electron chi connectivity index (χ1n) is 7.62. The van der Waals surface area contributed by atoms with Crippen LogP contribution in [0.2, 0.25) is 0 Å². The number of hydrogen-bond acceptors (Lipinski definition) is 2. The highest BCUT2D eigenvalue weighted by Crippen LogP contribution is 2.19. The summed E-state index contributed by atoms with van der Waals surface area (Å²) < 4.78 is 0. The van der Waals surface area contributed by atoms with Crippen LogP contribution in [0.5, 0.6) is 0 Å². The Bertz CT molecular complexity index is 396. The zero-order valence-electron chi connectivity index (χ0n) is 12.9. The van der Waals surface area contributed by atoms with Crippen LogP contribution in [0, 0.1) is 20.8 Å². The van der Waals surface area contributed by atoms with Crippen LogP contribution in [-0.4, -0.2) is 30.6 Å². The van der Waals surface area contributed by atoms with Crippen molar-refractivity contribution in [1.82, 2.24) is 10.2 Å². The molecule has 2 heteroatoms. The van der Waals surface area contributed by atoms with Gasteiger partial charge in [0.2, 0.25) is 0 Å². The predicted molar refractivity (Wildman–Crippen MR) is 82.6 cm³/mol. The SMILES string of the molecule is CCN(Cc1c(C)cc(C)cc1C)CC1CCCN1. The van der Waals surface area contributed by atoms with E-state index in [1.54, 1.807) is 0 Å². The maximum atomic E-state index is 3.60. The molecular formula is C17H28N2. The Kier molecular flexibility index (Phi) is 5.00. The van der Waals surface area contributed by atoms with Crippen LogP contribution in [0.3, 0.4) is 0 Å². The first-order chi connectivity index (χ1) is 9.10. The number of aryl methyl sites for hydroxylation is 3. The highest BCUT2D eigenvalue weighted by atomic mass is 15.1. The van der Waals surface area contributed by atoms with Crippen LogP contribution in [0.15, 0.2) is 12.1 Å². The van der Waals surface area contributed by atoms with E-state index in [2.05, 4.69) is 50.0 Å². The molecule has 19 heavy (non-hydrogen) atoms. The van der Waals surface area contributed by atoms with Crippen molar-refractivity contribution in [3.63, 3.8) is 0 Å². The van der Waals surface area contributed by atoms with Gasteiger partial charge in [-0.3, -0.25) is 4.90 Å². The maximum absolute atomic E-state index is 3.60. The Labute approximate surface area is 118 Å². The first-order valence-corrected chi connectivity index (χ1v) is 7.62. The summed E-state index contributed by atoms with van der Waals surface area (Å²) in [4.78, 5) is 2.58. The lowest BCUT2D eigenvalue weighted by molar-refractivity contribution is 0.252. The van der Waals surface area contributed by atoms with Crippen molar-refractivity contribution in [3.8, 4) is 0 Å². The molecule has 2 nitrogen and oxygen atoms in total. The molecule has 1 saturated heterocycles. The molecule has 0 aromatic heterocycles. The minimum atomic E-state index is 0.700. The molecule has 1 heterocycles. The standard InChI is InChI=1S/C17H28N2/c1-5-19(11-16-7-6-8-18-16)12-17-14(3)9-13(2)10-15(17)4/h9-10,16,18H,5-8,11-12H2,1-4H3. The Balaban J connectivity index is 2.05. The van der Waals surface area contributed by atoms with Gasteiger partial charge in [0.25, 0.3) is 0 Å². The minimum absolute atomic E-state index is 0.700. The van der Waals surface area contributed by atoms with Crippen LogP contribution >= 0.6 is 0 Å². The van der Waals surface area contributed by atoms with Crippen molar-refractivity contribution in [2.75, 3.05) is 19.6 Å². The molecule has 1 aromatic rings. The second-order valence-electron chi connectivity index (χ2n) is 6.00. The minimum Gasteiger partial charge on any atom is -0.313 e. The van der Waals surface area contributed by atoms with Crippen LogP contribution in [0.4, 0.5) is 0 Å². The Morgan fingerprint density at radius 3 is 2.42 bits per heavy atom. The fraction of sp³-hybridized carbons (Fsp3) is 0.647. The molecule has 106 valence electrons. The Morgan fingerprint density at radius 2 is 1.89 bits per heavy atom. The van der Waals surface area contributed by atoms with Gasteiger partial charge in [-0.25, -0.2) is 0 Å². The Morgan fingerprint density at radius 1 is 1.21 bits per heavy atom. The van der Waals surface area contributed by atoms with Gasteiger partial charge in [-0.1, -0.05) is 24.6 Å². The number of likely N-dealkylation sites (N-methyl/N-ethyl adjacent to an activating group) is 1. The fourth-order valence-electron chi connectivity index (χ4n) is 3.21. The summed E-state index contributed by atoms with van der Waals surface area (Å²) in [6, 6.07) is 5.32. The average Bonchev–Trinajstić information content (AvgIpc) is 2.84. The predicted octanol–water partition coefficient (Wildman–Crippen LogP) is 3.19. The van der Waals surface area contributed by atoms with Gasteiger partial charge >= 0.3 is 0 Å². The number of nitrogens with one attached hydrogen (secondary N) is 1. The highest BCUT2D eigenvalue weighted by Gasteiger charge is 2.18. The van der Waals surface area contributed by atoms with Gasteiger partial charge in [-0.15, -0.1) is 0 Å². The molecule has 1 unspecified atom stereocenters. The molecule has 0 aliphatic carbocycles. The average molecular weight is 260 g/mol. The zero-order chi connectivity index (χ0) is 13.8. The third-order valence-corrected chi connectivity index (χ3v) is 4.31. The van der Waals surface area contributed by atoms with Crippen molar-refractivity contribution < 1.29 is 0 Å². The van der Waals surface area contributed by atoms with Crippen LogP contribution in [0.25, 0.3) is 0 Å². The molecule has 1 atom stereocenters. The molecule has 1 aromatic carbocycles. The van der Waals surface area contributed by atoms with Gasteiger partial charge in [-0.05, 0) is 63.4 Å². The molecule has 1 N–H and O–H groups in total. The van der Waals surface area contributed by atoms with Crippen LogP contribution in [0.1, 0.15) is 42.0 Å². The number of hydrogen-bond donors (Lipinski definition) is 1. The molecule has 0 saturated carbocycles. The lowest BCUT2D eigenvalue weighted by atomic mass is 9.99. The topological polar surface area (TPSA) is 15.3 Å². The van der Waals surface area contributed by atoms with Crippen molar-refractivity contribution in [3.05, 3.63) is 34.4 Å². The number of benzene rings is 1. The van der Waals surface area contributed by atoms with E-state index in [1.807, 2.05) is 0 Å². The normalized spacial score (nSPS) is 19.3. The monoisotopic (exact) mass is 260 g/mol. The highest BCUT2D eigenvalue weighted by molar-refractivity contribution is 5.37. The summed E-state index contributed by atoms with van der Waals surface area (Å²) in [5.74, 6) is 0. The van der Waals surface area contributed by atoms with Gasteiger partial charge in [0, 0.05) is 19.1 Å². The smallest absolute Gasteiger partial charge is 0.0239 e. The molecule has 2 rings (SSSR count). The van der Waals surface area contributed by atoms with Crippen molar-refractivity contribution in [1.29, 1.82) is 0 Å². The summed E-state index contributed by atoms with van der Waals surface area (Å²) in [6.45, 7) is 13.6. The van der Waals surface area contributed by atoms with E-state index >= 15 is 0 Å². The van der Waals surface area contributed by atoms with E-state index < -0.39 is 0 Å². The van der Waals surface area contributed by atoms with E-state index in [0.717, 1.165) is 13.1 Å². The fourth-order valence-corrected chi connectivity index (χ4v) is 3.21. The van der Waals surface area contributed by atoms with Gasteiger partial charge in [0.1, 0.15) is 0 Å². The third-order valence-electron chi connectivity index (χ3n) is 4.31.